The van der Waals surface area contributed by atoms with Gasteiger partial charge < -0.3 is 4.57 Å². The molecule has 4 heteroatoms. The summed E-state index contributed by atoms with van der Waals surface area (Å²) in [6.07, 6.45) is 14.3. The summed E-state index contributed by atoms with van der Waals surface area (Å²) >= 11 is 0. The van der Waals surface area contributed by atoms with Crippen molar-refractivity contribution in [3.05, 3.63) is 18.2 Å². The van der Waals surface area contributed by atoms with Gasteiger partial charge in [0.25, 0.3) is 0 Å². The molecule has 1 aromatic rings. The van der Waals surface area contributed by atoms with Crippen LogP contribution >= 0.6 is 0 Å². The van der Waals surface area contributed by atoms with E-state index in [9.17, 15) is 0 Å². The zero-order valence-electron chi connectivity index (χ0n) is 13.0. The van der Waals surface area contributed by atoms with Crippen molar-refractivity contribution in [3.63, 3.8) is 0 Å². The third kappa shape index (κ3) is 4.06. The fraction of sp³-hybridized carbons (Fsp3) is 0.812. The summed E-state index contributed by atoms with van der Waals surface area (Å²) in [5, 5.41) is 0. The molecule has 1 atom stereocenters. The van der Waals surface area contributed by atoms with Crippen LogP contribution in [0.4, 0.5) is 0 Å². The fourth-order valence-corrected chi connectivity index (χ4v) is 3.52. The first-order valence-corrected chi connectivity index (χ1v) is 8.16. The third-order valence-corrected chi connectivity index (χ3v) is 4.96. The van der Waals surface area contributed by atoms with Crippen LogP contribution in [0.2, 0.25) is 0 Å². The maximum absolute atomic E-state index is 5.80. The van der Waals surface area contributed by atoms with Crippen LogP contribution in [0, 0.1) is 11.8 Å². The fourth-order valence-electron chi connectivity index (χ4n) is 3.52. The standard InChI is InChI=1S/C16H30N4/c1-3-4-5-13-6-8-14(9-7-13)15(19-17)12-16-18-10-11-20(16)2/h10-11,13-15,19H,3-9,12,17H2,1-2H3. The second kappa shape index (κ2) is 7.79. The average molecular weight is 278 g/mol. The quantitative estimate of drug-likeness (QED) is 0.595. The summed E-state index contributed by atoms with van der Waals surface area (Å²) in [6.45, 7) is 2.28. The zero-order valence-corrected chi connectivity index (χ0v) is 13.0. The van der Waals surface area contributed by atoms with Gasteiger partial charge in [0.1, 0.15) is 5.82 Å². The summed E-state index contributed by atoms with van der Waals surface area (Å²) < 4.78 is 2.09. The summed E-state index contributed by atoms with van der Waals surface area (Å²) in [7, 11) is 2.05. The van der Waals surface area contributed by atoms with Gasteiger partial charge in [-0.05, 0) is 24.7 Å². The predicted octanol–water partition coefficient (Wildman–Crippen LogP) is 2.79. The van der Waals surface area contributed by atoms with Crippen LogP contribution in [0.1, 0.15) is 57.7 Å². The monoisotopic (exact) mass is 278 g/mol. The Morgan fingerprint density at radius 3 is 2.70 bits per heavy atom. The van der Waals surface area contributed by atoms with Gasteiger partial charge in [0.15, 0.2) is 0 Å². The lowest BCUT2D eigenvalue weighted by molar-refractivity contribution is 0.210. The van der Waals surface area contributed by atoms with Gasteiger partial charge in [0, 0.05) is 31.9 Å². The average Bonchev–Trinajstić information content (AvgIpc) is 2.88. The highest BCUT2D eigenvalue weighted by Gasteiger charge is 2.27. The second-order valence-electron chi connectivity index (χ2n) is 6.35. The molecule has 1 unspecified atom stereocenters. The number of rotatable bonds is 7. The van der Waals surface area contributed by atoms with Crippen LogP contribution in [0.5, 0.6) is 0 Å². The highest BCUT2D eigenvalue weighted by molar-refractivity contribution is 4.96. The van der Waals surface area contributed by atoms with E-state index < -0.39 is 0 Å². The molecule has 0 amide bonds. The number of nitrogens with zero attached hydrogens (tertiary/aromatic N) is 2. The molecular weight excluding hydrogens is 248 g/mol. The van der Waals surface area contributed by atoms with E-state index in [1.165, 1.54) is 44.9 Å². The molecule has 114 valence electrons. The van der Waals surface area contributed by atoms with Gasteiger partial charge in [-0.1, -0.05) is 39.0 Å². The maximum Gasteiger partial charge on any atom is 0.109 e. The van der Waals surface area contributed by atoms with Crippen molar-refractivity contribution in [3.8, 4) is 0 Å². The Hall–Kier alpha value is -0.870. The largest absolute Gasteiger partial charge is 0.338 e. The van der Waals surface area contributed by atoms with Gasteiger partial charge in [0.05, 0.1) is 0 Å². The van der Waals surface area contributed by atoms with Crippen LogP contribution in [-0.2, 0) is 13.5 Å². The van der Waals surface area contributed by atoms with E-state index in [0.717, 1.165) is 18.2 Å². The Balaban J connectivity index is 1.82. The van der Waals surface area contributed by atoms with Crippen LogP contribution < -0.4 is 11.3 Å². The predicted molar refractivity (Wildman–Crippen MR) is 83.0 cm³/mol. The first-order valence-electron chi connectivity index (χ1n) is 8.16. The number of hydrogen-bond donors (Lipinski definition) is 2. The molecule has 1 heterocycles. The Morgan fingerprint density at radius 1 is 1.40 bits per heavy atom. The van der Waals surface area contributed by atoms with Gasteiger partial charge in [-0.15, -0.1) is 0 Å². The van der Waals surface area contributed by atoms with E-state index in [-0.39, 0.29) is 0 Å². The molecule has 4 nitrogen and oxygen atoms in total. The molecule has 1 aliphatic rings. The Kier molecular flexibility index (Phi) is 6.05. The zero-order chi connectivity index (χ0) is 14.4. The normalized spacial score (nSPS) is 24.8. The van der Waals surface area contributed by atoms with Crippen molar-refractivity contribution >= 4 is 0 Å². The van der Waals surface area contributed by atoms with Crippen molar-refractivity contribution in [2.24, 2.45) is 24.7 Å². The molecule has 3 N–H and O–H groups in total. The van der Waals surface area contributed by atoms with Crippen molar-refractivity contribution in [1.82, 2.24) is 15.0 Å². The number of aryl methyl sites for hydroxylation is 1. The minimum atomic E-state index is 0.364. The topological polar surface area (TPSA) is 55.9 Å². The molecule has 0 aromatic carbocycles. The van der Waals surface area contributed by atoms with Gasteiger partial charge in [-0.3, -0.25) is 11.3 Å². The number of imidazole rings is 1. The molecule has 0 radical (unpaired) electrons. The van der Waals surface area contributed by atoms with Crippen LogP contribution in [0.25, 0.3) is 0 Å². The molecule has 0 bridgehead atoms. The van der Waals surface area contributed by atoms with Gasteiger partial charge in [0.2, 0.25) is 0 Å². The summed E-state index contributed by atoms with van der Waals surface area (Å²) in [5.41, 5.74) is 3.04. The van der Waals surface area contributed by atoms with Crippen molar-refractivity contribution < 1.29 is 0 Å². The van der Waals surface area contributed by atoms with Crippen molar-refractivity contribution in [2.75, 3.05) is 0 Å². The minimum Gasteiger partial charge on any atom is -0.338 e. The number of hydrogen-bond acceptors (Lipinski definition) is 3. The number of hydrazine groups is 1. The number of aromatic nitrogens is 2. The van der Waals surface area contributed by atoms with E-state index in [1.54, 1.807) is 0 Å². The van der Waals surface area contributed by atoms with Crippen LogP contribution in [0.3, 0.4) is 0 Å². The Labute approximate surface area is 123 Å². The van der Waals surface area contributed by atoms with Crippen LogP contribution in [0.15, 0.2) is 12.4 Å². The molecule has 0 spiro atoms. The SMILES string of the molecule is CCCCC1CCC(C(Cc2nccn2C)NN)CC1. The molecule has 20 heavy (non-hydrogen) atoms. The number of unbranched alkanes of at least 4 members (excludes halogenated alkanes) is 1. The van der Waals surface area contributed by atoms with E-state index in [4.69, 9.17) is 5.84 Å². The molecule has 1 aromatic heterocycles. The molecule has 0 saturated heterocycles. The number of nitrogens with two attached hydrogens (primary N) is 1. The van der Waals surface area contributed by atoms with Gasteiger partial charge in [-0.2, -0.15) is 0 Å². The first-order chi connectivity index (χ1) is 9.74. The lowest BCUT2D eigenvalue weighted by atomic mass is 9.76. The highest BCUT2D eigenvalue weighted by atomic mass is 15.2. The Morgan fingerprint density at radius 2 is 2.15 bits per heavy atom. The van der Waals surface area contributed by atoms with E-state index >= 15 is 0 Å². The number of nitrogens with one attached hydrogen (secondary N) is 1. The molecule has 1 fully saturated rings. The van der Waals surface area contributed by atoms with Gasteiger partial charge >= 0.3 is 0 Å². The van der Waals surface area contributed by atoms with E-state index in [0.29, 0.717) is 12.0 Å². The molecule has 2 rings (SSSR count). The van der Waals surface area contributed by atoms with Crippen molar-refractivity contribution in [2.45, 2.75) is 64.3 Å². The lowest BCUT2D eigenvalue weighted by Gasteiger charge is -2.33. The van der Waals surface area contributed by atoms with E-state index in [2.05, 4.69) is 28.9 Å². The molecule has 1 saturated carbocycles. The minimum absolute atomic E-state index is 0.364. The highest BCUT2D eigenvalue weighted by Crippen LogP contribution is 2.34. The van der Waals surface area contributed by atoms with E-state index in [1.807, 2.05) is 12.4 Å². The third-order valence-electron chi connectivity index (χ3n) is 4.96. The summed E-state index contributed by atoms with van der Waals surface area (Å²) in [6, 6.07) is 0.364. The lowest BCUT2D eigenvalue weighted by Crippen LogP contribution is -2.44. The first kappa shape index (κ1) is 15.5. The van der Waals surface area contributed by atoms with Gasteiger partial charge in [-0.25, -0.2) is 4.98 Å². The summed E-state index contributed by atoms with van der Waals surface area (Å²) in [4.78, 5) is 4.42. The summed E-state index contributed by atoms with van der Waals surface area (Å²) in [5.74, 6) is 8.58. The van der Waals surface area contributed by atoms with Crippen LogP contribution in [-0.4, -0.2) is 15.6 Å². The molecule has 1 aliphatic carbocycles. The maximum atomic E-state index is 5.80. The molecular formula is C16H30N4. The smallest absolute Gasteiger partial charge is 0.109 e. The second-order valence-corrected chi connectivity index (χ2v) is 6.35. The molecule has 0 aliphatic heterocycles. The van der Waals surface area contributed by atoms with Crippen molar-refractivity contribution in [1.29, 1.82) is 0 Å². The Bertz CT molecular complexity index is 380.